The summed E-state index contributed by atoms with van der Waals surface area (Å²) in [6, 6.07) is 7.67. The number of nitrogens with one attached hydrogen (secondary N) is 1. The van der Waals surface area contributed by atoms with Gasteiger partial charge in [-0.3, -0.25) is 9.59 Å². The van der Waals surface area contributed by atoms with Crippen LogP contribution in [0.25, 0.3) is 0 Å². The average Bonchev–Trinajstić information content (AvgIpc) is 3.17. The van der Waals surface area contributed by atoms with Crippen LogP contribution in [0.2, 0.25) is 0 Å². The van der Waals surface area contributed by atoms with Crippen molar-refractivity contribution in [1.82, 2.24) is 15.2 Å². The van der Waals surface area contributed by atoms with Gasteiger partial charge in [0.05, 0.1) is 18.0 Å². The van der Waals surface area contributed by atoms with Crippen LogP contribution < -0.4 is 10.1 Å². The van der Waals surface area contributed by atoms with Gasteiger partial charge in [0.1, 0.15) is 5.75 Å². The second kappa shape index (κ2) is 8.80. The van der Waals surface area contributed by atoms with E-state index in [9.17, 15) is 9.59 Å². The Bertz CT molecular complexity index is 748. The quantitative estimate of drug-likeness (QED) is 0.808. The molecular formula is C19H23N3O3S. The van der Waals surface area contributed by atoms with Gasteiger partial charge in [-0.2, -0.15) is 0 Å². The van der Waals surface area contributed by atoms with Crippen LogP contribution in [0.15, 0.2) is 35.8 Å². The predicted molar refractivity (Wildman–Crippen MR) is 100.0 cm³/mol. The molecule has 7 heteroatoms. The number of likely N-dealkylation sites (tertiary alicyclic amines) is 1. The number of benzene rings is 1. The highest BCUT2D eigenvalue weighted by atomic mass is 32.1. The van der Waals surface area contributed by atoms with Crippen molar-refractivity contribution in [3.8, 4) is 5.75 Å². The number of piperidine rings is 1. The molecule has 0 spiro atoms. The molecule has 1 unspecified atom stereocenters. The van der Waals surface area contributed by atoms with Gasteiger partial charge in [-0.15, -0.1) is 11.3 Å². The summed E-state index contributed by atoms with van der Waals surface area (Å²) in [6.45, 7) is 1.53. The number of rotatable bonds is 7. The Balaban J connectivity index is 1.53. The summed E-state index contributed by atoms with van der Waals surface area (Å²) in [5.74, 6) is 0.724. The molecule has 0 saturated carbocycles. The topological polar surface area (TPSA) is 71.5 Å². The first-order chi connectivity index (χ1) is 12.7. The van der Waals surface area contributed by atoms with E-state index < -0.39 is 0 Å². The lowest BCUT2D eigenvalue weighted by atomic mass is 9.96. The number of ether oxygens (including phenoxy) is 1. The molecule has 0 bridgehead atoms. The lowest BCUT2D eigenvalue weighted by molar-refractivity contribution is -0.138. The third-order valence-electron chi connectivity index (χ3n) is 4.50. The number of carbonyl (C=O) groups excluding carboxylic acids is 2. The first-order valence-corrected chi connectivity index (χ1v) is 9.60. The number of amides is 2. The Morgan fingerprint density at radius 2 is 2.35 bits per heavy atom. The van der Waals surface area contributed by atoms with Crippen LogP contribution in [0, 0.1) is 5.92 Å². The maximum atomic E-state index is 12.4. The fourth-order valence-corrected chi connectivity index (χ4v) is 3.71. The molecule has 3 rings (SSSR count). The van der Waals surface area contributed by atoms with Crippen molar-refractivity contribution < 1.29 is 14.3 Å². The maximum absolute atomic E-state index is 12.4. The number of nitrogens with zero attached hydrogens (tertiary/aromatic N) is 2. The van der Waals surface area contributed by atoms with Gasteiger partial charge < -0.3 is 15.0 Å². The predicted octanol–water partition coefficient (Wildman–Crippen LogP) is 2.25. The number of aromatic nitrogens is 1. The van der Waals surface area contributed by atoms with Gasteiger partial charge in [-0.25, -0.2) is 4.98 Å². The first kappa shape index (κ1) is 18.4. The standard InChI is InChI=1S/C19H23N3O3S/c1-25-16-4-2-3-14(11-16)12-22-13-15(5-6-18(22)23)19(24)21-8-7-17-20-9-10-26-17/h2-4,9-11,15H,5-8,12-13H2,1H3,(H,21,24). The zero-order valence-electron chi connectivity index (χ0n) is 14.8. The van der Waals surface area contributed by atoms with E-state index >= 15 is 0 Å². The molecule has 0 aliphatic carbocycles. The van der Waals surface area contributed by atoms with Crippen LogP contribution in [-0.4, -0.2) is 41.9 Å². The van der Waals surface area contributed by atoms with Gasteiger partial charge in [0.25, 0.3) is 0 Å². The molecule has 0 radical (unpaired) electrons. The van der Waals surface area contributed by atoms with E-state index in [0.717, 1.165) is 22.7 Å². The third kappa shape index (κ3) is 4.82. The second-order valence-corrected chi connectivity index (χ2v) is 7.31. The van der Waals surface area contributed by atoms with E-state index in [-0.39, 0.29) is 17.7 Å². The van der Waals surface area contributed by atoms with E-state index in [4.69, 9.17) is 4.74 Å². The normalized spacial score (nSPS) is 17.2. The van der Waals surface area contributed by atoms with E-state index in [1.165, 1.54) is 0 Å². The van der Waals surface area contributed by atoms with Gasteiger partial charge in [-0.05, 0) is 24.1 Å². The molecule has 6 nitrogen and oxygen atoms in total. The monoisotopic (exact) mass is 373 g/mol. The molecule has 1 atom stereocenters. The lowest BCUT2D eigenvalue weighted by Gasteiger charge is -2.32. The molecule has 1 fully saturated rings. The van der Waals surface area contributed by atoms with Gasteiger partial charge in [0, 0.05) is 44.1 Å². The number of hydrogen-bond acceptors (Lipinski definition) is 5. The molecule has 1 aliphatic rings. The summed E-state index contributed by atoms with van der Waals surface area (Å²) >= 11 is 1.59. The van der Waals surface area contributed by atoms with Gasteiger partial charge in [0.15, 0.2) is 0 Å². The summed E-state index contributed by atoms with van der Waals surface area (Å²) in [7, 11) is 1.62. The van der Waals surface area contributed by atoms with Crippen LogP contribution in [-0.2, 0) is 22.6 Å². The van der Waals surface area contributed by atoms with Crippen molar-refractivity contribution in [2.45, 2.75) is 25.8 Å². The molecule has 1 aromatic carbocycles. The summed E-state index contributed by atoms with van der Waals surface area (Å²) in [5.41, 5.74) is 1.00. The summed E-state index contributed by atoms with van der Waals surface area (Å²) < 4.78 is 5.23. The second-order valence-electron chi connectivity index (χ2n) is 6.33. The van der Waals surface area contributed by atoms with Crippen LogP contribution in [0.3, 0.4) is 0 Å². The number of carbonyl (C=O) groups is 2. The van der Waals surface area contributed by atoms with E-state index in [1.54, 1.807) is 29.5 Å². The SMILES string of the molecule is COc1cccc(CN2CC(C(=O)NCCc3nccs3)CCC2=O)c1. The van der Waals surface area contributed by atoms with E-state index in [0.29, 0.717) is 32.5 Å². The molecule has 138 valence electrons. The molecule has 1 aromatic heterocycles. The highest BCUT2D eigenvalue weighted by molar-refractivity contribution is 7.09. The zero-order valence-corrected chi connectivity index (χ0v) is 15.6. The van der Waals surface area contributed by atoms with E-state index in [2.05, 4.69) is 10.3 Å². The minimum absolute atomic E-state index is 0.0182. The fraction of sp³-hybridized carbons (Fsp3) is 0.421. The molecular weight excluding hydrogens is 350 g/mol. The van der Waals surface area contributed by atoms with Crippen molar-refractivity contribution in [3.63, 3.8) is 0 Å². The molecule has 1 N–H and O–H groups in total. The molecule has 2 heterocycles. The van der Waals surface area contributed by atoms with Gasteiger partial charge in [0.2, 0.25) is 11.8 Å². The Kier molecular flexibility index (Phi) is 6.22. The van der Waals surface area contributed by atoms with Crippen LogP contribution in [0.4, 0.5) is 0 Å². The summed E-state index contributed by atoms with van der Waals surface area (Å²) in [4.78, 5) is 30.7. The number of methoxy groups -OCH3 is 1. The first-order valence-electron chi connectivity index (χ1n) is 8.72. The summed E-state index contributed by atoms with van der Waals surface area (Å²) in [6.07, 6.45) is 3.53. The van der Waals surface area contributed by atoms with E-state index in [1.807, 2.05) is 29.6 Å². The van der Waals surface area contributed by atoms with Crippen molar-refractivity contribution in [1.29, 1.82) is 0 Å². The lowest BCUT2D eigenvalue weighted by Crippen LogP contribution is -2.45. The van der Waals surface area contributed by atoms with Gasteiger partial charge >= 0.3 is 0 Å². The van der Waals surface area contributed by atoms with Crippen molar-refractivity contribution in [2.75, 3.05) is 20.2 Å². The molecule has 2 amide bonds. The molecule has 26 heavy (non-hydrogen) atoms. The number of hydrogen-bond donors (Lipinski definition) is 1. The molecule has 2 aromatic rings. The van der Waals surface area contributed by atoms with Gasteiger partial charge in [-0.1, -0.05) is 12.1 Å². The average molecular weight is 373 g/mol. The number of thiazole rings is 1. The highest BCUT2D eigenvalue weighted by Gasteiger charge is 2.30. The fourth-order valence-electron chi connectivity index (χ4n) is 3.09. The Labute approximate surface area is 157 Å². The zero-order chi connectivity index (χ0) is 18.4. The van der Waals surface area contributed by atoms with Crippen LogP contribution >= 0.6 is 11.3 Å². The summed E-state index contributed by atoms with van der Waals surface area (Å²) in [5, 5.41) is 5.93. The Morgan fingerprint density at radius 3 is 3.12 bits per heavy atom. The third-order valence-corrected chi connectivity index (χ3v) is 5.34. The smallest absolute Gasteiger partial charge is 0.224 e. The van der Waals surface area contributed by atoms with Crippen LogP contribution in [0.1, 0.15) is 23.4 Å². The largest absolute Gasteiger partial charge is 0.497 e. The van der Waals surface area contributed by atoms with Crippen molar-refractivity contribution >= 4 is 23.2 Å². The highest BCUT2D eigenvalue weighted by Crippen LogP contribution is 2.21. The Hall–Kier alpha value is -2.41. The molecule has 1 aliphatic heterocycles. The Morgan fingerprint density at radius 1 is 1.46 bits per heavy atom. The maximum Gasteiger partial charge on any atom is 0.224 e. The van der Waals surface area contributed by atoms with Crippen molar-refractivity contribution in [2.24, 2.45) is 5.92 Å². The minimum Gasteiger partial charge on any atom is -0.497 e. The minimum atomic E-state index is -0.158. The van der Waals surface area contributed by atoms with Crippen LogP contribution in [0.5, 0.6) is 5.75 Å². The molecule has 1 saturated heterocycles. The van der Waals surface area contributed by atoms with Crippen molar-refractivity contribution in [3.05, 3.63) is 46.4 Å².